The first-order valence-corrected chi connectivity index (χ1v) is 7.23. The summed E-state index contributed by atoms with van der Waals surface area (Å²) in [5.74, 6) is -0.204. The van der Waals surface area contributed by atoms with Gasteiger partial charge in [0.25, 0.3) is 0 Å². The number of nitro groups is 1. The number of aromatic carboxylic acids is 1. The quantitative estimate of drug-likeness (QED) is 0.673. The monoisotopic (exact) mass is 297 g/mol. The number of nitrogens with zero attached hydrogens (tertiary/aromatic N) is 3. The number of rotatable bonds is 3. The Morgan fingerprint density at radius 2 is 2.25 bits per heavy atom. The summed E-state index contributed by atoms with van der Waals surface area (Å²) in [6.45, 7) is 4.64. The molecule has 1 saturated heterocycles. The zero-order valence-corrected chi connectivity index (χ0v) is 12.0. The first-order chi connectivity index (χ1) is 9.41. The highest BCUT2D eigenvalue weighted by molar-refractivity contribution is 8.00. The summed E-state index contributed by atoms with van der Waals surface area (Å²) in [7, 11) is 0. The maximum atomic E-state index is 11.1. The molecule has 0 aliphatic carbocycles. The van der Waals surface area contributed by atoms with Crippen molar-refractivity contribution < 1.29 is 14.8 Å². The Hall–Kier alpha value is -1.83. The van der Waals surface area contributed by atoms with Gasteiger partial charge in [-0.1, -0.05) is 6.92 Å². The molecule has 1 aromatic heterocycles. The van der Waals surface area contributed by atoms with Crippen molar-refractivity contribution in [2.75, 3.05) is 17.2 Å². The first-order valence-electron chi connectivity index (χ1n) is 6.18. The Bertz CT molecular complexity index is 552. The van der Waals surface area contributed by atoms with E-state index < -0.39 is 10.9 Å². The molecule has 0 saturated carbocycles. The lowest BCUT2D eigenvalue weighted by Gasteiger charge is -2.37. The molecule has 108 valence electrons. The van der Waals surface area contributed by atoms with E-state index >= 15 is 0 Å². The standard InChI is InChI=1S/C12H15N3O4S/c1-7-8(2)20-6-5-14(7)11-10(15(18)19)4-3-9(13-11)12(16)17/h3-4,7-8H,5-6H2,1-2H3,(H,16,17). The summed E-state index contributed by atoms with van der Waals surface area (Å²) in [5, 5.41) is 20.4. The lowest BCUT2D eigenvalue weighted by Crippen LogP contribution is -2.45. The molecule has 1 aromatic rings. The molecule has 1 aliphatic rings. The lowest BCUT2D eigenvalue weighted by molar-refractivity contribution is -0.384. The van der Waals surface area contributed by atoms with Gasteiger partial charge in [0.1, 0.15) is 0 Å². The molecule has 20 heavy (non-hydrogen) atoms. The molecule has 1 aliphatic heterocycles. The number of hydrogen-bond acceptors (Lipinski definition) is 6. The predicted octanol–water partition coefficient (Wildman–Crippen LogP) is 2.02. The van der Waals surface area contributed by atoms with Crippen molar-refractivity contribution in [1.82, 2.24) is 4.98 Å². The number of anilines is 1. The van der Waals surface area contributed by atoms with E-state index in [4.69, 9.17) is 5.11 Å². The number of carboxylic acid groups (broad SMARTS) is 1. The Labute approximate surface area is 120 Å². The molecule has 2 unspecified atom stereocenters. The molecular weight excluding hydrogens is 282 g/mol. The van der Waals surface area contributed by atoms with Gasteiger partial charge in [0, 0.05) is 29.7 Å². The van der Waals surface area contributed by atoms with Gasteiger partial charge in [-0.3, -0.25) is 10.1 Å². The SMILES string of the molecule is CC1SCCN(c2nc(C(=O)O)ccc2[N+](=O)[O-])C1C. The minimum atomic E-state index is -1.19. The van der Waals surface area contributed by atoms with E-state index in [9.17, 15) is 14.9 Å². The van der Waals surface area contributed by atoms with Crippen LogP contribution in [0.3, 0.4) is 0 Å². The fourth-order valence-corrected chi connectivity index (χ4v) is 3.25. The Morgan fingerprint density at radius 3 is 2.85 bits per heavy atom. The summed E-state index contributed by atoms with van der Waals surface area (Å²) in [5.41, 5.74) is -0.329. The number of carbonyl (C=O) groups is 1. The Balaban J connectivity index is 2.49. The number of thioether (sulfide) groups is 1. The third-order valence-electron chi connectivity index (χ3n) is 3.43. The third-order valence-corrected chi connectivity index (χ3v) is 4.76. The smallest absolute Gasteiger partial charge is 0.354 e. The minimum absolute atomic E-state index is 0.0593. The molecule has 0 amide bonds. The van der Waals surface area contributed by atoms with Crippen molar-refractivity contribution in [2.24, 2.45) is 0 Å². The van der Waals surface area contributed by atoms with Crippen LogP contribution < -0.4 is 4.90 Å². The van der Waals surface area contributed by atoms with Crippen LogP contribution in [0.15, 0.2) is 12.1 Å². The van der Waals surface area contributed by atoms with Crippen molar-refractivity contribution in [2.45, 2.75) is 25.1 Å². The van der Waals surface area contributed by atoms with Crippen LogP contribution in [0.5, 0.6) is 0 Å². The third kappa shape index (κ3) is 2.69. The van der Waals surface area contributed by atoms with Crippen LogP contribution in [0.2, 0.25) is 0 Å². The van der Waals surface area contributed by atoms with Gasteiger partial charge in [-0.2, -0.15) is 11.8 Å². The maximum Gasteiger partial charge on any atom is 0.354 e. The fraction of sp³-hybridized carbons (Fsp3) is 0.500. The van der Waals surface area contributed by atoms with Crippen LogP contribution in [0, 0.1) is 10.1 Å². The normalized spacial score (nSPS) is 22.6. The van der Waals surface area contributed by atoms with Crippen LogP contribution in [0.1, 0.15) is 24.3 Å². The highest BCUT2D eigenvalue weighted by Gasteiger charge is 2.31. The van der Waals surface area contributed by atoms with Crippen LogP contribution in [0.25, 0.3) is 0 Å². The second-order valence-corrected chi connectivity index (χ2v) is 6.10. The second kappa shape index (κ2) is 5.66. The fourth-order valence-electron chi connectivity index (χ4n) is 2.15. The average molecular weight is 297 g/mol. The molecular formula is C12H15N3O4S. The first kappa shape index (κ1) is 14.6. The molecule has 0 spiro atoms. The lowest BCUT2D eigenvalue weighted by atomic mass is 10.2. The number of aromatic nitrogens is 1. The molecule has 0 aromatic carbocycles. The van der Waals surface area contributed by atoms with E-state index in [2.05, 4.69) is 4.98 Å². The highest BCUT2D eigenvalue weighted by Crippen LogP contribution is 2.33. The molecule has 1 N–H and O–H groups in total. The molecule has 8 heteroatoms. The number of pyridine rings is 1. The maximum absolute atomic E-state index is 11.1. The van der Waals surface area contributed by atoms with Crippen molar-refractivity contribution >= 4 is 29.2 Å². The molecule has 1 fully saturated rings. The summed E-state index contributed by atoms with van der Waals surface area (Å²) in [4.78, 5) is 27.4. The highest BCUT2D eigenvalue weighted by atomic mass is 32.2. The van der Waals surface area contributed by atoms with E-state index in [1.807, 2.05) is 18.7 Å². The Morgan fingerprint density at radius 1 is 1.55 bits per heavy atom. The molecule has 2 atom stereocenters. The van der Waals surface area contributed by atoms with Gasteiger partial charge in [0.15, 0.2) is 5.69 Å². The van der Waals surface area contributed by atoms with E-state index in [1.54, 1.807) is 11.8 Å². The van der Waals surface area contributed by atoms with Crippen LogP contribution in [-0.2, 0) is 0 Å². The molecule has 7 nitrogen and oxygen atoms in total. The minimum Gasteiger partial charge on any atom is -0.477 e. The number of hydrogen-bond donors (Lipinski definition) is 1. The van der Waals surface area contributed by atoms with Crippen molar-refractivity contribution in [3.63, 3.8) is 0 Å². The van der Waals surface area contributed by atoms with Gasteiger partial charge in [0.2, 0.25) is 5.82 Å². The molecule has 2 rings (SSSR count). The largest absolute Gasteiger partial charge is 0.477 e. The van der Waals surface area contributed by atoms with Gasteiger partial charge >= 0.3 is 11.7 Å². The Kier molecular flexibility index (Phi) is 4.12. The van der Waals surface area contributed by atoms with Crippen molar-refractivity contribution in [3.05, 3.63) is 27.9 Å². The summed E-state index contributed by atoms with van der Waals surface area (Å²) in [6.07, 6.45) is 0. The van der Waals surface area contributed by atoms with Gasteiger partial charge in [0.05, 0.1) is 4.92 Å². The number of carboxylic acids is 1. The average Bonchev–Trinajstić information content (AvgIpc) is 2.41. The van der Waals surface area contributed by atoms with E-state index in [-0.39, 0.29) is 23.2 Å². The van der Waals surface area contributed by atoms with Crippen LogP contribution in [0.4, 0.5) is 11.5 Å². The van der Waals surface area contributed by atoms with Crippen LogP contribution >= 0.6 is 11.8 Å². The van der Waals surface area contributed by atoms with E-state index in [0.29, 0.717) is 11.8 Å². The van der Waals surface area contributed by atoms with Crippen LogP contribution in [-0.4, -0.2) is 44.6 Å². The summed E-state index contributed by atoms with van der Waals surface area (Å²) in [6, 6.07) is 2.44. The van der Waals surface area contributed by atoms with Gasteiger partial charge in [-0.25, -0.2) is 9.78 Å². The van der Waals surface area contributed by atoms with E-state index in [0.717, 1.165) is 11.8 Å². The summed E-state index contributed by atoms with van der Waals surface area (Å²) >= 11 is 1.79. The molecule has 0 radical (unpaired) electrons. The molecule has 0 bridgehead atoms. The summed E-state index contributed by atoms with van der Waals surface area (Å²) < 4.78 is 0. The predicted molar refractivity (Wildman–Crippen MR) is 76.6 cm³/mol. The van der Waals surface area contributed by atoms with E-state index in [1.165, 1.54) is 6.07 Å². The van der Waals surface area contributed by atoms with Crippen molar-refractivity contribution in [1.29, 1.82) is 0 Å². The van der Waals surface area contributed by atoms with Gasteiger partial charge < -0.3 is 10.0 Å². The van der Waals surface area contributed by atoms with Crippen molar-refractivity contribution in [3.8, 4) is 0 Å². The molecule has 2 heterocycles. The topological polar surface area (TPSA) is 96.6 Å². The van der Waals surface area contributed by atoms with Gasteiger partial charge in [-0.05, 0) is 13.0 Å². The zero-order chi connectivity index (χ0) is 14.9. The van der Waals surface area contributed by atoms with Gasteiger partial charge in [-0.15, -0.1) is 0 Å². The zero-order valence-electron chi connectivity index (χ0n) is 11.1. The second-order valence-electron chi connectivity index (χ2n) is 4.61.